The third kappa shape index (κ3) is 7.27. The quantitative estimate of drug-likeness (QED) is 0.261. The molecule has 0 aliphatic carbocycles. The number of hydrogen-bond acceptors (Lipinski definition) is 6. The Labute approximate surface area is 255 Å². The third-order valence-corrected chi connectivity index (χ3v) is 7.46. The number of ether oxygens (including phenoxy) is 4. The van der Waals surface area contributed by atoms with Crippen molar-refractivity contribution in [3.63, 3.8) is 0 Å². The number of guanidine groups is 1. The van der Waals surface area contributed by atoms with Gasteiger partial charge in [-0.2, -0.15) is 13.2 Å². The molecule has 8 nitrogen and oxygen atoms in total. The molecule has 1 aliphatic rings. The Balaban J connectivity index is 1.79. The number of allylic oxidation sites excluding steroid dienone is 1. The van der Waals surface area contributed by atoms with Crippen molar-refractivity contribution in [2.24, 2.45) is 4.99 Å². The van der Waals surface area contributed by atoms with Gasteiger partial charge in [0.15, 0.2) is 17.5 Å². The molecule has 11 heteroatoms. The highest BCUT2D eigenvalue weighted by Crippen LogP contribution is 2.39. The summed E-state index contributed by atoms with van der Waals surface area (Å²) in [5, 5.41) is 3.35. The van der Waals surface area contributed by atoms with Crippen LogP contribution in [0.4, 0.5) is 13.2 Å². The highest BCUT2D eigenvalue weighted by atomic mass is 19.4. The van der Waals surface area contributed by atoms with Crippen LogP contribution < -0.4 is 19.5 Å². The maximum absolute atomic E-state index is 14.0. The highest BCUT2D eigenvalue weighted by Gasteiger charge is 2.37. The number of aryl methyl sites for hydroxylation is 1. The monoisotopic (exact) mass is 611 g/mol. The largest absolute Gasteiger partial charge is 0.493 e. The molecular weight excluding hydrogens is 575 g/mol. The van der Waals surface area contributed by atoms with E-state index in [4.69, 9.17) is 23.9 Å². The van der Waals surface area contributed by atoms with Gasteiger partial charge in [-0.15, -0.1) is 0 Å². The number of nitrogens with one attached hydrogen (secondary N) is 1. The molecule has 0 saturated carbocycles. The molecule has 1 N–H and O–H groups in total. The van der Waals surface area contributed by atoms with Crippen molar-refractivity contribution in [1.29, 1.82) is 0 Å². The second kappa shape index (κ2) is 14.2. The maximum Gasteiger partial charge on any atom is 0.416 e. The van der Waals surface area contributed by atoms with Gasteiger partial charge in [0.25, 0.3) is 0 Å². The Morgan fingerprint density at radius 3 is 2.14 bits per heavy atom. The molecule has 0 radical (unpaired) electrons. The predicted molar refractivity (Wildman–Crippen MR) is 161 cm³/mol. The summed E-state index contributed by atoms with van der Waals surface area (Å²) < 4.78 is 63.4. The van der Waals surface area contributed by atoms with Crippen molar-refractivity contribution in [3.05, 3.63) is 100 Å². The first-order chi connectivity index (χ1) is 21.1. The molecule has 4 rings (SSSR count). The van der Waals surface area contributed by atoms with Gasteiger partial charge in [-0.1, -0.05) is 48.5 Å². The molecule has 1 unspecified atom stereocenters. The summed E-state index contributed by atoms with van der Waals surface area (Å²) in [7, 11) is 5.81. The molecule has 1 heterocycles. The number of halogens is 3. The molecule has 3 aromatic rings. The van der Waals surface area contributed by atoms with Crippen LogP contribution in [-0.2, 0) is 35.2 Å². The molecule has 0 bridgehead atoms. The van der Waals surface area contributed by atoms with Crippen LogP contribution in [0.1, 0.15) is 35.6 Å². The number of hydrogen-bond donors (Lipinski definition) is 1. The molecule has 234 valence electrons. The lowest BCUT2D eigenvalue weighted by atomic mass is 9.95. The topological polar surface area (TPSA) is 81.6 Å². The van der Waals surface area contributed by atoms with Crippen molar-refractivity contribution >= 4 is 11.9 Å². The van der Waals surface area contributed by atoms with E-state index < -0.39 is 23.8 Å². The zero-order chi connectivity index (χ0) is 31.9. The van der Waals surface area contributed by atoms with Crippen molar-refractivity contribution in [2.75, 3.05) is 28.4 Å². The van der Waals surface area contributed by atoms with Crippen LogP contribution in [0.2, 0.25) is 0 Å². The number of methoxy groups -OCH3 is 4. The van der Waals surface area contributed by atoms with Crippen LogP contribution in [0.25, 0.3) is 0 Å². The number of alkyl halides is 3. The van der Waals surface area contributed by atoms with Crippen LogP contribution in [0, 0.1) is 0 Å². The maximum atomic E-state index is 14.0. The average Bonchev–Trinajstić information content (AvgIpc) is 3.03. The van der Waals surface area contributed by atoms with Gasteiger partial charge in [0.1, 0.15) is 0 Å². The summed E-state index contributed by atoms with van der Waals surface area (Å²) in [5.41, 5.74) is 1.85. The Hall–Kier alpha value is -4.67. The summed E-state index contributed by atoms with van der Waals surface area (Å²) in [6.07, 6.45) is -3.40. The van der Waals surface area contributed by atoms with E-state index in [1.807, 2.05) is 30.3 Å². The minimum Gasteiger partial charge on any atom is -0.493 e. The van der Waals surface area contributed by atoms with Gasteiger partial charge in [-0.05, 0) is 54.7 Å². The Morgan fingerprint density at radius 2 is 1.55 bits per heavy atom. The molecule has 3 aromatic carbocycles. The SMILES string of the molecule is COC(=O)C1=C(C)N(Cc2ccccc2C(F)(F)F)C(=NCc2cc(OC)c(OC)c(OC)c2)NC1CCc1ccccc1. The van der Waals surface area contributed by atoms with Gasteiger partial charge in [0.2, 0.25) is 5.75 Å². The van der Waals surface area contributed by atoms with E-state index in [2.05, 4.69) is 5.32 Å². The molecule has 1 aliphatic heterocycles. The van der Waals surface area contributed by atoms with Gasteiger partial charge >= 0.3 is 12.1 Å². The van der Waals surface area contributed by atoms with Crippen LogP contribution in [0.15, 0.2) is 83.0 Å². The molecule has 0 spiro atoms. The smallest absolute Gasteiger partial charge is 0.416 e. The fourth-order valence-electron chi connectivity index (χ4n) is 5.26. The highest BCUT2D eigenvalue weighted by molar-refractivity contribution is 5.95. The van der Waals surface area contributed by atoms with Crippen LogP contribution in [-0.4, -0.2) is 51.3 Å². The minimum absolute atomic E-state index is 0.0357. The number of carbonyl (C=O) groups excluding carboxylic acids is 1. The zero-order valence-corrected chi connectivity index (χ0v) is 25.3. The molecule has 0 fully saturated rings. The Morgan fingerprint density at radius 1 is 0.909 bits per heavy atom. The van der Waals surface area contributed by atoms with Crippen molar-refractivity contribution in [2.45, 2.75) is 45.1 Å². The molecular formula is C33H36F3N3O5. The number of carbonyl (C=O) groups is 1. The van der Waals surface area contributed by atoms with Gasteiger partial charge in [-0.3, -0.25) is 0 Å². The fourth-order valence-corrected chi connectivity index (χ4v) is 5.26. The summed E-state index contributed by atoms with van der Waals surface area (Å²) in [6, 6.07) is 18.2. The van der Waals surface area contributed by atoms with E-state index >= 15 is 0 Å². The first kappa shape index (κ1) is 32.2. The third-order valence-electron chi connectivity index (χ3n) is 7.46. The minimum atomic E-state index is -4.56. The molecule has 44 heavy (non-hydrogen) atoms. The standard InChI is InChI=1S/C33H36F3N3O5/c1-21-29(31(40)44-5)26(16-15-22-11-7-6-8-12-22)38-32(39(21)20-24-13-9-10-14-25(24)33(34,35)36)37-19-23-17-27(41-2)30(43-4)28(18-23)42-3/h6-14,17-18,26H,15-16,19-20H2,1-5H3,(H,37,38). The Bertz CT molecular complexity index is 1500. The summed E-state index contributed by atoms with van der Waals surface area (Å²) >= 11 is 0. The summed E-state index contributed by atoms with van der Waals surface area (Å²) in [4.78, 5) is 19.5. The lowest BCUT2D eigenvalue weighted by Gasteiger charge is -2.38. The van der Waals surface area contributed by atoms with E-state index in [1.54, 1.807) is 30.0 Å². The van der Waals surface area contributed by atoms with Crippen molar-refractivity contribution < 1.29 is 36.9 Å². The molecule has 1 atom stereocenters. The summed E-state index contributed by atoms with van der Waals surface area (Å²) in [6.45, 7) is 1.64. The van der Waals surface area contributed by atoms with Crippen LogP contribution >= 0.6 is 0 Å². The van der Waals surface area contributed by atoms with Gasteiger partial charge < -0.3 is 29.2 Å². The van der Waals surface area contributed by atoms with Gasteiger partial charge in [0.05, 0.1) is 58.7 Å². The van der Waals surface area contributed by atoms with E-state index in [-0.39, 0.29) is 18.7 Å². The Kier molecular flexibility index (Phi) is 10.4. The van der Waals surface area contributed by atoms with Gasteiger partial charge in [-0.25, -0.2) is 9.79 Å². The molecule has 0 amide bonds. The number of rotatable bonds is 11. The van der Waals surface area contributed by atoms with E-state index in [9.17, 15) is 18.0 Å². The molecule has 0 saturated heterocycles. The normalized spacial score (nSPS) is 16.0. The molecule has 0 aromatic heterocycles. The lowest BCUT2D eigenvalue weighted by Crippen LogP contribution is -2.52. The second-order valence-electron chi connectivity index (χ2n) is 10.1. The lowest BCUT2D eigenvalue weighted by molar-refractivity contribution is -0.139. The zero-order valence-electron chi connectivity index (χ0n) is 25.3. The number of nitrogens with zero attached hydrogens (tertiary/aromatic N) is 2. The second-order valence-corrected chi connectivity index (χ2v) is 10.1. The number of benzene rings is 3. The summed E-state index contributed by atoms with van der Waals surface area (Å²) in [5.74, 6) is 1.07. The number of aliphatic imine (C=N–C) groups is 1. The van der Waals surface area contributed by atoms with Crippen LogP contribution in [0.3, 0.4) is 0 Å². The van der Waals surface area contributed by atoms with E-state index in [1.165, 1.54) is 40.6 Å². The van der Waals surface area contributed by atoms with Gasteiger partial charge in [0, 0.05) is 5.70 Å². The average molecular weight is 612 g/mol. The van der Waals surface area contributed by atoms with Crippen molar-refractivity contribution in [1.82, 2.24) is 10.2 Å². The fraction of sp³-hybridized carbons (Fsp3) is 0.333. The first-order valence-corrected chi connectivity index (χ1v) is 14.0. The number of esters is 1. The van der Waals surface area contributed by atoms with Crippen molar-refractivity contribution in [3.8, 4) is 17.2 Å². The predicted octanol–water partition coefficient (Wildman–Crippen LogP) is 6.14. The van der Waals surface area contributed by atoms with E-state index in [0.29, 0.717) is 52.9 Å². The first-order valence-electron chi connectivity index (χ1n) is 14.0. The van der Waals surface area contributed by atoms with Crippen LogP contribution in [0.5, 0.6) is 17.2 Å². The van der Waals surface area contributed by atoms with E-state index in [0.717, 1.165) is 11.6 Å².